The van der Waals surface area contributed by atoms with Crippen LogP contribution < -0.4 is 10.4 Å². The van der Waals surface area contributed by atoms with Crippen LogP contribution in [0.3, 0.4) is 0 Å². The molecule has 0 unspecified atom stereocenters. The van der Waals surface area contributed by atoms with Crippen molar-refractivity contribution < 1.29 is 13.9 Å². The van der Waals surface area contributed by atoms with Crippen molar-refractivity contribution in [3.8, 4) is 5.75 Å². The zero-order valence-corrected chi connectivity index (χ0v) is 13.2. The van der Waals surface area contributed by atoms with Crippen LogP contribution in [-0.4, -0.2) is 5.97 Å². The van der Waals surface area contributed by atoms with Crippen LogP contribution in [0.2, 0.25) is 0 Å². The van der Waals surface area contributed by atoms with Crippen LogP contribution in [0.5, 0.6) is 5.75 Å². The minimum absolute atomic E-state index is 0.343. The standard InChI is InChI=1S/C19H16O4/c1-11-6-12(2)8-14(7-11)19(21)22-15-4-5-16-13(3)9-18(20)23-17(16)10-15/h4-10H,1-3H3. The molecule has 116 valence electrons. The van der Waals surface area contributed by atoms with Gasteiger partial charge in [0.15, 0.2) is 0 Å². The van der Waals surface area contributed by atoms with E-state index in [-0.39, 0.29) is 0 Å². The number of benzene rings is 2. The van der Waals surface area contributed by atoms with Crippen LogP contribution in [0.1, 0.15) is 27.0 Å². The summed E-state index contributed by atoms with van der Waals surface area (Å²) in [5.74, 6) is -0.0958. The topological polar surface area (TPSA) is 56.5 Å². The number of rotatable bonds is 2. The number of esters is 1. The van der Waals surface area contributed by atoms with Gasteiger partial charge in [0.1, 0.15) is 11.3 Å². The van der Waals surface area contributed by atoms with Crippen molar-refractivity contribution in [3.05, 3.63) is 75.1 Å². The van der Waals surface area contributed by atoms with E-state index < -0.39 is 11.6 Å². The van der Waals surface area contributed by atoms with Gasteiger partial charge in [-0.25, -0.2) is 9.59 Å². The third kappa shape index (κ3) is 3.16. The summed E-state index contributed by atoms with van der Waals surface area (Å²) in [6.45, 7) is 5.69. The van der Waals surface area contributed by atoms with Crippen LogP contribution >= 0.6 is 0 Å². The van der Waals surface area contributed by atoms with Crippen LogP contribution in [0.15, 0.2) is 51.7 Å². The fourth-order valence-electron chi connectivity index (χ4n) is 2.63. The zero-order chi connectivity index (χ0) is 16.6. The van der Waals surface area contributed by atoms with Crippen molar-refractivity contribution in [2.45, 2.75) is 20.8 Å². The molecule has 0 amide bonds. The molecular weight excluding hydrogens is 292 g/mol. The monoisotopic (exact) mass is 308 g/mol. The zero-order valence-electron chi connectivity index (χ0n) is 13.2. The molecule has 0 radical (unpaired) electrons. The van der Waals surface area contributed by atoms with Gasteiger partial charge in [-0.1, -0.05) is 17.2 Å². The van der Waals surface area contributed by atoms with Crippen LogP contribution in [0, 0.1) is 20.8 Å². The van der Waals surface area contributed by atoms with Crippen molar-refractivity contribution >= 4 is 16.9 Å². The van der Waals surface area contributed by atoms with Gasteiger partial charge in [0.05, 0.1) is 5.56 Å². The van der Waals surface area contributed by atoms with E-state index in [4.69, 9.17) is 9.15 Å². The first-order valence-electron chi connectivity index (χ1n) is 7.27. The highest BCUT2D eigenvalue weighted by Gasteiger charge is 2.11. The van der Waals surface area contributed by atoms with E-state index in [1.54, 1.807) is 30.3 Å². The second kappa shape index (κ2) is 5.72. The van der Waals surface area contributed by atoms with Gasteiger partial charge in [-0.2, -0.15) is 0 Å². The van der Waals surface area contributed by atoms with Crippen LogP contribution in [-0.2, 0) is 0 Å². The second-order valence-corrected chi connectivity index (χ2v) is 5.67. The summed E-state index contributed by atoms with van der Waals surface area (Å²) in [5, 5.41) is 0.816. The number of hydrogen-bond acceptors (Lipinski definition) is 4. The molecule has 0 atom stereocenters. The molecule has 3 aromatic rings. The highest BCUT2D eigenvalue weighted by molar-refractivity contribution is 5.92. The third-order valence-electron chi connectivity index (χ3n) is 3.59. The van der Waals surface area contributed by atoms with Gasteiger partial charge >= 0.3 is 11.6 Å². The Morgan fingerprint density at radius 1 is 0.957 bits per heavy atom. The summed E-state index contributed by atoms with van der Waals surface area (Å²) in [5.41, 5.74) is 3.29. The molecule has 2 aromatic carbocycles. The van der Waals surface area contributed by atoms with E-state index >= 15 is 0 Å². The lowest BCUT2D eigenvalue weighted by Crippen LogP contribution is -2.09. The second-order valence-electron chi connectivity index (χ2n) is 5.67. The quantitative estimate of drug-likeness (QED) is 0.409. The van der Waals surface area contributed by atoms with Gasteiger partial charge in [0, 0.05) is 17.5 Å². The van der Waals surface area contributed by atoms with E-state index in [2.05, 4.69) is 0 Å². The molecule has 0 spiro atoms. The van der Waals surface area contributed by atoms with Gasteiger partial charge in [0.25, 0.3) is 0 Å². The average molecular weight is 308 g/mol. The largest absolute Gasteiger partial charge is 0.423 e. The molecule has 23 heavy (non-hydrogen) atoms. The summed E-state index contributed by atoms with van der Waals surface area (Å²) in [6, 6.07) is 12.0. The molecule has 0 N–H and O–H groups in total. The maximum Gasteiger partial charge on any atom is 0.343 e. The van der Waals surface area contributed by atoms with Crippen molar-refractivity contribution in [1.29, 1.82) is 0 Å². The van der Waals surface area contributed by atoms with Gasteiger partial charge in [-0.05, 0) is 50.6 Å². The third-order valence-corrected chi connectivity index (χ3v) is 3.59. The number of fused-ring (bicyclic) bond motifs is 1. The summed E-state index contributed by atoms with van der Waals surface area (Å²) < 4.78 is 10.6. The molecular formula is C19H16O4. The Kier molecular flexibility index (Phi) is 3.74. The number of carbonyl (C=O) groups excluding carboxylic acids is 1. The molecule has 4 nitrogen and oxygen atoms in total. The predicted octanol–water partition coefficient (Wildman–Crippen LogP) is 3.94. The van der Waals surface area contributed by atoms with E-state index in [1.807, 2.05) is 26.8 Å². The average Bonchev–Trinajstić information content (AvgIpc) is 2.45. The minimum atomic E-state index is -0.439. The lowest BCUT2D eigenvalue weighted by Gasteiger charge is -2.07. The number of carbonyl (C=O) groups is 1. The SMILES string of the molecule is Cc1cc(C)cc(C(=O)Oc2ccc3c(C)cc(=O)oc3c2)c1. The number of hydrogen-bond donors (Lipinski definition) is 0. The highest BCUT2D eigenvalue weighted by Crippen LogP contribution is 2.23. The van der Waals surface area contributed by atoms with Crippen molar-refractivity contribution in [1.82, 2.24) is 0 Å². The fourth-order valence-corrected chi connectivity index (χ4v) is 2.63. The van der Waals surface area contributed by atoms with Crippen LogP contribution in [0.25, 0.3) is 11.0 Å². The fraction of sp³-hybridized carbons (Fsp3) is 0.158. The Morgan fingerprint density at radius 2 is 1.65 bits per heavy atom. The Bertz CT molecular complexity index is 947. The van der Waals surface area contributed by atoms with Crippen molar-refractivity contribution in [2.24, 2.45) is 0 Å². The molecule has 3 rings (SSSR count). The Hall–Kier alpha value is -2.88. The van der Waals surface area contributed by atoms with Gasteiger partial charge < -0.3 is 9.15 Å². The highest BCUT2D eigenvalue weighted by atomic mass is 16.5. The van der Waals surface area contributed by atoms with Gasteiger partial charge in [0.2, 0.25) is 0 Å². The first-order valence-corrected chi connectivity index (χ1v) is 7.27. The van der Waals surface area contributed by atoms with E-state index in [0.29, 0.717) is 16.9 Å². The normalized spacial score (nSPS) is 10.7. The maximum absolute atomic E-state index is 12.3. The first-order chi connectivity index (χ1) is 10.9. The molecule has 0 aliphatic rings. The first kappa shape index (κ1) is 15.0. The summed E-state index contributed by atoms with van der Waals surface area (Å²) in [4.78, 5) is 23.7. The Morgan fingerprint density at radius 3 is 2.35 bits per heavy atom. The van der Waals surface area contributed by atoms with Crippen molar-refractivity contribution in [2.75, 3.05) is 0 Å². The Labute approximate surface area is 133 Å². The van der Waals surface area contributed by atoms with Gasteiger partial charge in [-0.15, -0.1) is 0 Å². The van der Waals surface area contributed by atoms with E-state index in [1.165, 1.54) is 6.07 Å². The molecule has 0 saturated carbocycles. The molecule has 0 aliphatic heterocycles. The molecule has 0 aliphatic carbocycles. The Balaban J connectivity index is 1.95. The van der Waals surface area contributed by atoms with Crippen molar-refractivity contribution in [3.63, 3.8) is 0 Å². The number of aryl methyl sites for hydroxylation is 3. The minimum Gasteiger partial charge on any atom is -0.423 e. The van der Waals surface area contributed by atoms with E-state index in [9.17, 15) is 9.59 Å². The smallest absolute Gasteiger partial charge is 0.343 e. The van der Waals surface area contributed by atoms with Gasteiger partial charge in [-0.3, -0.25) is 0 Å². The molecule has 0 fully saturated rings. The lowest BCUT2D eigenvalue weighted by molar-refractivity contribution is 0.0734. The summed E-state index contributed by atoms with van der Waals surface area (Å²) in [7, 11) is 0. The molecule has 4 heteroatoms. The predicted molar refractivity (Wildman–Crippen MR) is 88.1 cm³/mol. The maximum atomic E-state index is 12.3. The lowest BCUT2D eigenvalue weighted by atomic mass is 10.1. The molecule has 0 saturated heterocycles. The molecule has 0 bridgehead atoms. The molecule has 1 heterocycles. The number of ether oxygens (including phenoxy) is 1. The van der Waals surface area contributed by atoms with E-state index in [0.717, 1.165) is 22.1 Å². The summed E-state index contributed by atoms with van der Waals surface area (Å²) >= 11 is 0. The summed E-state index contributed by atoms with van der Waals surface area (Å²) in [6.07, 6.45) is 0. The molecule has 1 aromatic heterocycles. The van der Waals surface area contributed by atoms with Crippen LogP contribution in [0.4, 0.5) is 0 Å².